The summed E-state index contributed by atoms with van der Waals surface area (Å²) in [4.78, 5) is 30.3. The molecule has 2 bridgehead atoms. The van der Waals surface area contributed by atoms with Gasteiger partial charge in [-0.1, -0.05) is 23.5 Å². The molecule has 0 spiro atoms. The fraction of sp³-hybridized carbons (Fsp3) is 0.417. The molecule has 1 saturated carbocycles. The lowest BCUT2D eigenvalue weighted by Crippen LogP contribution is -2.32. The molecule has 4 nitrogen and oxygen atoms in total. The molecule has 0 radical (unpaired) electrons. The Morgan fingerprint density at radius 3 is 2.33 bits per heavy atom. The maximum Gasteiger partial charge on any atom is 0.240 e. The van der Waals surface area contributed by atoms with Gasteiger partial charge in [0.05, 0.1) is 21.8 Å². The van der Waals surface area contributed by atoms with Crippen LogP contribution in [0.4, 0.5) is 5.13 Å². The Kier molecular flexibility index (Phi) is 2.12. The predicted molar refractivity (Wildman–Crippen MR) is 70.0 cm³/mol. The van der Waals surface area contributed by atoms with Crippen LogP contribution >= 0.6 is 27.3 Å². The molecule has 6 heteroatoms. The van der Waals surface area contributed by atoms with Crippen LogP contribution < -0.4 is 4.90 Å². The van der Waals surface area contributed by atoms with E-state index in [1.54, 1.807) is 6.20 Å². The molecule has 1 aromatic heterocycles. The van der Waals surface area contributed by atoms with Crippen LogP contribution in [0.2, 0.25) is 0 Å². The number of anilines is 1. The zero-order valence-electron chi connectivity index (χ0n) is 9.25. The van der Waals surface area contributed by atoms with E-state index in [1.807, 2.05) is 0 Å². The molecule has 4 rings (SSSR count). The molecule has 3 aliphatic rings. The van der Waals surface area contributed by atoms with E-state index < -0.39 is 0 Å². The zero-order valence-corrected chi connectivity index (χ0v) is 11.6. The molecular formula is C12H9BrN2O2S. The quantitative estimate of drug-likeness (QED) is 0.588. The van der Waals surface area contributed by atoms with Crippen LogP contribution in [0.25, 0.3) is 0 Å². The molecule has 1 saturated heterocycles. The molecule has 4 atom stereocenters. The number of carbonyl (C=O) groups excluding carboxylic acids is 2. The number of hydrogen-bond acceptors (Lipinski definition) is 4. The smallest absolute Gasteiger partial charge is 0.240 e. The van der Waals surface area contributed by atoms with Gasteiger partial charge < -0.3 is 0 Å². The summed E-state index contributed by atoms with van der Waals surface area (Å²) >= 11 is 4.63. The lowest BCUT2D eigenvalue weighted by Gasteiger charge is -2.14. The number of fused-ring (bicyclic) bond motifs is 5. The molecule has 2 heterocycles. The Labute approximate surface area is 116 Å². The summed E-state index contributed by atoms with van der Waals surface area (Å²) in [6, 6.07) is 0. The molecule has 92 valence electrons. The van der Waals surface area contributed by atoms with Crippen molar-refractivity contribution in [2.24, 2.45) is 23.7 Å². The fourth-order valence-electron chi connectivity index (χ4n) is 3.44. The number of hydrogen-bond donors (Lipinski definition) is 0. The zero-order chi connectivity index (χ0) is 12.4. The minimum absolute atomic E-state index is 0.0660. The number of allylic oxidation sites excluding steroid dienone is 2. The Morgan fingerprint density at radius 2 is 1.83 bits per heavy atom. The van der Waals surface area contributed by atoms with Crippen LogP contribution in [0.5, 0.6) is 0 Å². The van der Waals surface area contributed by atoms with E-state index in [1.165, 1.54) is 16.2 Å². The standard InChI is InChI=1S/C12H9BrN2O2S/c13-7-4-14-12(18-7)15-10(16)8-5-1-2-6(3-5)9(8)11(15)17/h1-2,4-6,8-9H,3H2. The SMILES string of the molecule is O=C1C2C3C=CC(C3)C2C(=O)N1c1ncc(Br)s1. The van der Waals surface area contributed by atoms with Gasteiger partial charge in [0, 0.05) is 0 Å². The van der Waals surface area contributed by atoms with E-state index in [-0.39, 0.29) is 35.5 Å². The van der Waals surface area contributed by atoms with Crippen molar-refractivity contribution in [2.45, 2.75) is 6.42 Å². The van der Waals surface area contributed by atoms with Crippen LogP contribution in [-0.2, 0) is 9.59 Å². The number of thiazole rings is 1. The van der Waals surface area contributed by atoms with Crippen molar-refractivity contribution in [3.8, 4) is 0 Å². The molecule has 2 fully saturated rings. The summed E-state index contributed by atoms with van der Waals surface area (Å²) in [7, 11) is 0. The highest BCUT2D eigenvalue weighted by molar-refractivity contribution is 9.11. The maximum atomic E-state index is 12.4. The Balaban J connectivity index is 1.76. The molecule has 2 aliphatic carbocycles. The van der Waals surface area contributed by atoms with Crippen LogP contribution in [-0.4, -0.2) is 16.8 Å². The van der Waals surface area contributed by atoms with Gasteiger partial charge in [-0.05, 0) is 34.2 Å². The van der Waals surface area contributed by atoms with Gasteiger partial charge >= 0.3 is 0 Å². The predicted octanol–water partition coefficient (Wildman–Crippen LogP) is 2.22. The van der Waals surface area contributed by atoms with Crippen LogP contribution in [0.1, 0.15) is 6.42 Å². The molecule has 4 unspecified atom stereocenters. The molecular weight excluding hydrogens is 316 g/mol. The largest absolute Gasteiger partial charge is 0.274 e. The monoisotopic (exact) mass is 324 g/mol. The van der Waals surface area contributed by atoms with Crippen molar-refractivity contribution < 1.29 is 9.59 Å². The first-order valence-electron chi connectivity index (χ1n) is 5.84. The topological polar surface area (TPSA) is 50.3 Å². The summed E-state index contributed by atoms with van der Waals surface area (Å²) in [5.74, 6) is 0.0902. The molecule has 0 N–H and O–H groups in total. The van der Waals surface area contributed by atoms with Gasteiger partial charge in [0.15, 0.2) is 5.13 Å². The third kappa shape index (κ3) is 1.22. The number of amides is 2. The normalized spacial score (nSPS) is 36.8. The summed E-state index contributed by atoms with van der Waals surface area (Å²) in [5, 5.41) is 0.491. The summed E-state index contributed by atoms with van der Waals surface area (Å²) in [6.07, 6.45) is 6.78. The van der Waals surface area contributed by atoms with Crippen molar-refractivity contribution >= 4 is 44.2 Å². The van der Waals surface area contributed by atoms with E-state index in [2.05, 4.69) is 33.1 Å². The van der Waals surface area contributed by atoms with E-state index in [9.17, 15) is 9.59 Å². The average Bonchev–Trinajstić information content (AvgIpc) is 3.05. The second-order valence-electron chi connectivity index (χ2n) is 4.96. The third-order valence-electron chi connectivity index (χ3n) is 4.13. The third-order valence-corrected chi connectivity index (χ3v) is 5.59. The highest BCUT2D eigenvalue weighted by atomic mass is 79.9. The van der Waals surface area contributed by atoms with Gasteiger partial charge in [-0.25, -0.2) is 9.88 Å². The van der Waals surface area contributed by atoms with Crippen LogP contribution in [0.3, 0.4) is 0 Å². The highest BCUT2D eigenvalue weighted by Crippen LogP contribution is 2.53. The second kappa shape index (κ2) is 3.51. The van der Waals surface area contributed by atoms with E-state index in [0.717, 1.165) is 10.2 Å². The van der Waals surface area contributed by atoms with Crippen molar-refractivity contribution in [1.29, 1.82) is 0 Å². The van der Waals surface area contributed by atoms with Gasteiger partial charge in [0.1, 0.15) is 0 Å². The first kappa shape index (κ1) is 10.9. The van der Waals surface area contributed by atoms with Crippen molar-refractivity contribution in [3.63, 3.8) is 0 Å². The number of carbonyl (C=O) groups is 2. The van der Waals surface area contributed by atoms with E-state index in [4.69, 9.17) is 0 Å². The first-order chi connectivity index (χ1) is 8.66. The Hall–Kier alpha value is -1.01. The number of rotatable bonds is 1. The van der Waals surface area contributed by atoms with Gasteiger partial charge in [0.25, 0.3) is 0 Å². The van der Waals surface area contributed by atoms with E-state index in [0.29, 0.717) is 5.13 Å². The van der Waals surface area contributed by atoms with Crippen LogP contribution in [0.15, 0.2) is 22.1 Å². The van der Waals surface area contributed by atoms with Crippen molar-refractivity contribution in [1.82, 2.24) is 4.98 Å². The molecule has 18 heavy (non-hydrogen) atoms. The minimum atomic E-state index is -0.143. The van der Waals surface area contributed by atoms with E-state index >= 15 is 0 Å². The molecule has 1 aliphatic heterocycles. The lowest BCUT2D eigenvalue weighted by atomic mass is 9.85. The molecule has 1 aromatic rings. The van der Waals surface area contributed by atoms with Crippen LogP contribution in [0, 0.1) is 23.7 Å². The number of nitrogens with zero attached hydrogens (tertiary/aromatic N) is 2. The molecule has 2 amide bonds. The summed E-state index contributed by atoms with van der Waals surface area (Å²) in [5.41, 5.74) is 0. The number of aromatic nitrogens is 1. The van der Waals surface area contributed by atoms with Crippen molar-refractivity contribution in [2.75, 3.05) is 4.90 Å². The second-order valence-corrected chi connectivity index (χ2v) is 7.35. The maximum absolute atomic E-state index is 12.4. The van der Waals surface area contributed by atoms with Gasteiger partial charge in [0.2, 0.25) is 11.8 Å². The minimum Gasteiger partial charge on any atom is -0.274 e. The van der Waals surface area contributed by atoms with Gasteiger partial charge in [-0.3, -0.25) is 9.59 Å². The summed E-state index contributed by atoms with van der Waals surface area (Å²) < 4.78 is 0.830. The lowest BCUT2D eigenvalue weighted by molar-refractivity contribution is -0.123. The van der Waals surface area contributed by atoms with Crippen molar-refractivity contribution in [3.05, 3.63) is 22.1 Å². The van der Waals surface area contributed by atoms with Gasteiger partial charge in [-0.15, -0.1) is 0 Å². The number of halogens is 1. The fourth-order valence-corrected chi connectivity index (χ4v) is 4.63. The molecule has 0 aromatic carbocycles. The first-order valence-corrected chi connectivity index (χ1v) is 7.45. The summed E-state index contributed by atoms with van der Waals surface area (Å²) in [6.45, 7) is 0. The highest BCUT2D eigenvalue weighted by Gasteiger charge is 2.60. The average molecular weight is 325 g/mol. The number of imide groups is 1. The van der Waals surface area contributed by atoms with Gasteiger partial charge in [-0.2, -0.15) is 0 Å². The Bertz CT molecular complexity index is 567. The Morgan fingerprint density at radius 1 is 1.22 bits per heavy atom.